The number of rotatable bonds is 4. The lowest BCUT2D eigenvalue weighted by Gasteiger charge is -2.07. The van der Waals surface area contributed by atoms with E-state index in [9.17, 15) is 0 Å². The Balaban J connectivity index is 2.51. The Morgan fingerprint density at radius 2 is 2.07 bits per heavy atom. The molecule has 0 heterocycles. The van der Waals surface area contributed by atoms with Crippen LogP contribution in [0.4, 0.5) is 0 Å². The molecule has 78 valence electrons. The summed E-state index contributed by atoms with van der Waals surface area (Å²) in [6.07, 6.45) is 1.08. The van der Waals surface area contributed by atoms with Gasteiger partial charge in [-0.05, 0) is 44.6 Å². The summed E-state index contributed by atoms with van der Waals surface area (Å²) >= 11 is 1.90. The monoisotopic (exact) mass is 209 g/mol. The van der Waals surface area contributed by atoms with Crippen LogP contribution in [-0.4, -0.2) is 11.8 Å². The molecule has 0 bridgehead atoms. The van der Waals surface area contributed by atoms with Crippen LogP contribution in [0, 0.1) is 13.8 Å². The van der Waals surface area contributed by atoms with E-state index in [1.807, 2.05) is 11.8 Å². The van der Waals surface area contributed by atoms with Crippen molar-refractivity contribution >= 4 is 11.8 Å². The van der Waals surface area contributed by atoms with Gasteiger partial charge in [-0.15, -0.1) is 11.8 Å². The highest BCUT2D eigenvalue weighted by molar-refractivity contribution is 7.99. The third-order valence-electron chi connectivity index (χ3n) is 2.16. The molecule has 1 atom stereocenters. The first-order valence-electron chi connectivity index (χ1n) is 5.05. The van der Waals surface area contributed by atoms with Crippen molar-refractivity contribution in [1.82, 2.24) is 0 Å². The fourth-order valence-corrected chi connectivity index (χ4v) is 2.48. The van der Waals surface area contributed by atoms with E-state index in [4.69, 9.17) is 5.73 Å². The van der Waals surface area contributed by atoms with Gasteiger partial charge in [-0.25, -0.2) is 0 Å². The minimum absolute atomic E-state index is 0.313. The standard InChI is InChI=1S/C12H19NS/c1-9-4-5-12(10(2)8-9)14-7-6-11(3)13/h4-5,8,11H,6-7,13H2,1-3H3. The average Bonchev–Trinajstić information content (AvgIpc) is 2.08. The molecule has 0 aliphatic heterocycles. The highest BCUT2D eigenvalue weighted by Crippen LogP contribution is 2.23. The van der Waals surface area contributed by atoms with Gasteiger partial charge in [-0.2, -0.15) is 0 Å². The molecule has 2 heteroatoms. The molecule has 1 aromatic rings. The molecule has 0 spiro atoms. The van der Waals surface area contributed by atoms with E-state index < -0.39 is 0 Å². The third-order valence-corrected chi connectivity index (χ3v) is 3.37. The summed E-state index contributed by atoms with van der Waals surface area (Å²) < 4.78 is 0. The first-order valence-corrected chi connectivity index (χ1v) is 6.04. The van der Waals surface area contributed by atoms with Gasteiger partial charge in [-0.3, -0.25) is 0 Å². The lowest BCUT2D eigenvalue weighted by atomic mass is 10.2. The van der Waals surface area contributed by atoms with Gasteiger partial charge in [-0.1, -0.05) is 17.7 Å². The Morgan fingerprint density at radius 3 is 2.64 bits per heavy atom. The maximum Gasteiger partial charge on any atom is 0.0101 e. The van der Waals surface area contributed by atoms with Crippen molar-refractivity contribution in [3.63, 3.8) is 0 Å². The van der Waals surface area contributed by atoms with Crippen molar-refractivity contribution in [1.29, 1.82) is 0 Å². The van der Waals surface area contributed by atoms with Gasteiger partial charge in [0.2, 0.25) is 0 Å². The SMILES string of the molecule is Cc1ccc(SCCC(C)N)c(C)c1. The van der Waals surface area contributed by atoms with Crippen LogP contribution in [0.2, 0.25) is 0 Å². The molecule has 0 amide bonds. The zero-order chi connectivity index (χ0) is 10.6. The highest BCUT2D eigenvalue weighted by atomic mass is 32.2. The number of aryl methyl sites for hydroxylation is 2. The van der Waals surface area contributed by atoms with Crippen molar-refractivity contribution in [3.05, 3.63) is 29.3 Å². The molecule has 1 rings (SSSR count). The number of hydrogen-bond acceptors (Lipinski definition) is 2. The fourth-order valence-electron chi connectivity index (χ4n) is 1.32. The lowest BCUT2D eigenvalue weighted by molar-refractivity contribution is 0.721. The second-order valence-electron chi connectivity index (χ2n) is 3.88. The van der Waals surface area contributed by atoms with Gasteiger partial charge in [0, 0.05) is 10.9 Å². The lowest BCUT2D eigenvalue weighted by Crippen LogP contribution is -2.15. The third kappa shape index (κ3) is 3.72. The summed E-state index contributed by atoms with van der Waals surface area (Å²) in [6, 6.07) is 6.92. The van der Waals surface area contributed by atoms with Gasteiger partial charge in [0.15, 0.2) is 0 Å². The first kappa shape index (κ1) is 11.6. The van der Waals surface area contributed by atoms with Crippen molar-refractivity contribution in [2.45, 2.75) is 38.1 Å². The molecule has 1 nitrogen and oxygen atoms in total. The van der Waals surface area contributed by atoms with Crippen LogP contribution in [0.1, 0.15) is 24.5 Å². The summed E-state index contributed by atoms with van der Waals surface area (Å²) in [7, 11) is 0. The van der Waals surface area contributed by atoms with E-state index in [2.05, 4.69) is 39.0 Å². The van der Waals surface area contributed by atoms with Crippen LogP contribution in [0.15, 0.2) is 23.1 Å². The molecule has 0 fully saturated rings. The van der Waals surface area contributed by atoms with E-state index in [-0.39, 0.29) is 0 Å². The molecule has 0 aromatic heterocycles. The summed E-state index contributed by atoms with van der Waals surface area (Å²) in [5.41, 5.74) is 8.41. The molecule has 1 unspecified atom stereocenters. The molecule has 0 aliphatic rings. The summed E-state index contributed by atoms with van der Waals surface area (Å²) in [6.45, 7) is 6.35. The van der Waals surface area contributed by atoms with Gasteiger partial charge in [0.25, 0.3) is 0 Å². The Morgan fingerprint density at radius 1 is 1.36 bits per heavy atom. The number of hydrogen-bond donors (Lipinski definition) is 1. The molecular formula is C12H19NS. The van der Waals surface area contributed by atoms with Crippen molar-refractivity contribution < 1.29 is 0 Å². The molecule has 0 saturated carbocycles. The van der Waals surface area contributed by atoms with Crippen LogP contribution >= 0.6 is 11.8 Å². The predicted molar refractivity (Wildman–Crippen MR) is 64.9 cm³/mol. The average molecular weight is 209 g/mol. The van der Waals surface area contributed by atoms with Crippen molar-refractivity contribution in [3.8, 4) is 0 Å². The molecular weight excluding hydrogens is 190 g/mol. The molecule has 0 aliphatic carbocycles. The van der Waals surface area contributed by atoms with E-state index in [0.29, 0.717) is 6.04 Å². The minimum atomic E-state index is 0.313. The van der Waals surface area contributed by atoms with Crippen LogP contribution in [0.3, 0.4) is 0 Å². The topological polar surface area (TPSA) is 26.0 Å². The molecule has 0 radical (unpaired) electrons. The Bertz CT molecular complexity index is 294. The van der Waals surface area contributed by atoms with E-state index in [0.717, 1.165) is 12.2 Å². The number of thioether (sulfide) groups is 1. The molecule has 1 aromatic carbocycles. The highest BCUT2D eigenvalue weighted by Gasteiger charge is 2.00. The second kappa shape index (κ2) is 5.42. The largest absolute Gasteiger partial charge is 0.328 e. The van der Waals surface area contributed by atoms with Crippen LogP contribution in [-0.2, 0) is 0 Å². The summed E-state index contributed by atoms with van der Waals surface area (Å²) in [5.74, 6) is 1.11. The summed E-state index contributed by atoms with van der Waals surface area (Å²) in [5, 5.41) is 0. The van der Waals surface area contributed by atoms with Gasteiger partial charge < -0.3 is 5.73 Å². The van der Waals surface area contributed by atoms with Crippen molar-refractivity contribution in [2.75, 3.05) is 5.75 Å². The number of benzene rings is 1. The van der Waals surface area contributed by atoms with E-state index >= 15 is 0 Å². The zero-order valence-electron chi connectivity index (χ0n) is 9.21. The molecule has 2 N–H and O–H groups in total. The molecule has 0 saturated heterocycles. The smallest absolute Gasteiger partial charge is 0.0101 e. The zero-order valence-corrected chi connectivity index (χ0v) is 10.0. The fraction of sp³-hybridized carbons (Fsp3) is 0.500. The Hall–Kier alpha value is -0.470. The minimum Gasteiger partial charge on any atom is -0.328 e. The predicted octanol–water partition coefficient (Wildman–Crippen LogP) is 3.13. The Labute approximate surface area is 91.1 Å². The van der Waals surface area contributed by atoms with E-state index in [1.54, 1.807) is 0 Å². The van der Waals surface area contributed by atoms with Crippen LogP contribution < -0.4 is 5.73 Å². The van der Waals surface area contributed by atoms with Crippen LogP contribution in [0.25, 0.3) is 0 Å². The molecule has 14 heavy (non-hydrogen) atoms. The first-order chi connectivity index (χ1) is 6.59. The maximum atomic E-state index is 5.71. The van der Waals surface area contributed by atoms with E-state index in [1.165, 1.54) is 16.0 Å². The summed E-state index contributed by atoms with van der Waals surface area (Å²) in [4.78, 5) is 1.39. The van der Waals surface area contributed by atoms with Crippen molar-refractivity contribution in [2.24, 2.45) is 5.73 Å². The number of nitrogens with two attached hydrogens (primary N) is 1. The maximum absolute atomic E-state index is 5.71. The van der Waals surface area contributed by atoms with Crippen LogP contribution in [0.5, 0.6) is 0 Å². The normalized spacial score (nSPS) is 12.9. The van der Waals surface area contributed by atoms with Gasteiger partial charge >= 0.3 is 0 Å². The quantitative estimate of drug-likeness (QED) is 0.771. The van der Waals surface area contributed by atoms with Gasteiger partial charge in [0.1, 0.15) is 0 Å². The Kier molecular flexibility index (Phi) is 4.49. The second-order valence-corrected chi connectivity index (χ2v) is 5.02. The van der Waals surface area contributed by atoms with Gasteiger partial charge in [0.05, 0.1) is 0 Å².